The van der Waals surface area contributed by atoms with E-state index < -0.39 is 15.6 Å². The fraction of sp³-hybridized carbons (Fsp3) is 0.0909. The molecule has 11 heteroatoms. The van der Waals surface area contributed by atoms with E-state index in [2.05, 4.69) is 42.4 Å². The molecule has 0 aliphatic heterocycles. The average molecular weight is 635 g/mol. The molecule has 0 aliphatic carbocycles. The third-order valence-corrected chi connectivity index (χ3v) is 8.44. The first-order valence-electron chi connectivity index (χ1n) is 13.4. The van der Waals surface area contributed by atoms with Crippen molar-refractivity contribution in [2.45, 2.75) is 20.8 Å². The Morgan fingerprint density at radius 3 is 1.05 bits per heavy atom. The molecule has 0 unspecified atom stereocenters. The third-order valence-electron chi connectivity index (χ3n) is 6.74. The summed E-state index contributed by atoms with van der Waals surface area (Å²) in [5.41, 5.74) is 9.57. The summed E-state index contributed by atoms with van der Waals surface area (Å²) in [6.45, 7) is 6.13. The van der Waals surface area contributed by atoms with Crippen LogP contribution < -0.4 is 0 Å². The van der Waals surface area contributed by atoms with Gasteiger partial charge in [-0.1, -0.05) is 120 Å². The summed E-state index contributed by atoms with van der Waals surface area (Å²) >= 11 is 0. The smallest absolute Gasteiger partial charge is 0.478 e. The molecule has 0 saturated carbocycles. The van der Waals surface area contributed by atoms with Crippen molar-refractivity contribution < 1.29 is 43.2 Å². The van der Waals surface area contributed by atoms with Gasteiger partial charge in [-0.2, -0.15) is 4.31 Å². The highest BCUT2D eigenvalue weighted by Gasteiger charge is 2.28. The van der Waals surface area contributed by atoms with Crippen LogP contribution in [0.2, 0.25) is 0 Å². The maximum Gasteiger partial charge on any atom is 0.478 e. The Morgan fingerprint density at radius 1 is 0.432 bits per heavy atom. The van der Waals surface area contributed by atoms with Gasteiger partial charge in [0.1, 0.15) is 11.5 Å². The summed E-state index contributed by atoms with van der Waals surface area (Å²) in [4.78, 5) is 31.0. The highest BCUT2D eigenvalue weighted by Crippen LogP contribution is 2.55. The number of aryl methyl sites for hydroxylation is 3. The highest BCUT2D eigenvalue weighted by atomic mass is 31.3. The third kappa shape index (κ3) is 8.11. The van der Waals surface area contributed by atoms with Gasteiger partial charge in [0.15, 0.2) is 0 Å². The van der Waals surface area contributed by atoms with Crippen molar-refractivity contribution in [1.82, 2.24) is 0 Å². The van der Waals surface area contributed by atoms with Crippen molar-refractivity contribution in [1.29, 1.82) is 0 Å². The predicted octanol–water partition coefficient (Wildman–Crippen LogP) is 7.88. The largest absolute Gasteiger partial charge is 0.506 e. The molecule has 5 rings (SSSR count). The van der Waals surface area contributed by atoms with Gasteiger partial charge < -0.3 is 29.8 Å². The maximum atomic E-state index is 11.8. The van der Waals surface area contributed by atoms with Gasteiger partial charge in [0.2, 0.25) is 0 Å². The Kier molecular flexibility index (Phi) is 9.94. The van der Waals surface area contributed by atoms with Crippen LogP contribution in [0.25, 0.3) is 44.5 Å². The quantitative estimate of drug-likeness (QED) is 0.102. The Hall–Kier alpha value is -4.04. The second-order valence-electron chi connectivity index (χ2n) is 10.2. The summed E-state index contributed by atoms with van der Waals surface area (Å²) in [7, 11) is -10.1. The first kappa shape index (κ1) is 32.9. The van der Waals surface area contributed by atoms with Crippen LogP contribution in [0, 0.1) is 20.8 Å². The topological polar surface area (TPSA) is 165 Å². The fourth-order valence-electron chi connectivity index (χ4n) is 4.75. The average Bonchev–Trinajstić information content (AvgIpc) is 2.94. The number of aromatic hydroxyl groups is 2. The van der Waals surface area contributed by atoms with Crippen LogP contribution in [0.5, 0.6) is 11.5 Å². The van der Waals surface area contributed by atoms with Gasteiger partial charge >= 0.3 is 15.6 Å². The number of rotatable bonds is 6. The second kappa shape index (κ2) is 13.3. The van der Waals surface area contributed by atoms with Crippen molar-refractivity contribution in [3.63, 3.8) is 0 Å². The van der Waals surface area contributed by atoms with E-state index >= 15 is 0 Å². The van der Waals surface area contributed by atoms with E-state index in [-0.39, 0.29) is 11.5 Å². The van der Waals surface area contributed by atoms with Gasteiger partial charge in [-0.3, -0.25) is 0 Å². The van der Waals surface area contributed by atoms with Crippen molar-refractivity contribution in [3.05, 3.63) is 120 Å². The Labute approximate surface area is 255 Å². The molecule has 5 aromatic rings. The normalized spacial score (nSPS) is 11.5. The highest BCUT2D eigenvalue weighted by molar-refractivity contribution is 7.60. The molecule has 228 valence electrons. The number of hydrogen-bond acceptors (Lipinski definition) is 5. The van der Waals surface area contributed by atoms with E-state index in [0.29, 0.717) is 16.7 Å². The zero-order chi connectivity index (χ0) is 32.2. The van der Waals surface area contributed by atoms with Crippen molar-refractivity contribution in [2.75, 3.05) is 0 Å². The molecule has 0 bridgehead atoms. The molecule has 0 radical (unpaired) electrons. The van der Waals surface area contributed by atoms with E-state index in [1.54, 1.807) is 0 Å². The predicted molar refractivity (Wildman–Crippen MR) is 171 cm³/mol. The standard InChI is InChI=1S/C33H28O2.H4O7P2/c1-21-9-15-25(16-10-21)28-29(24-7-5-4-6-8-24)32(34)31(27-19-13-23(3)14-20-27)33(35)30(28)26-17-11-22(2)12-18-26;1-8(2,3)7-9(4,5)6/h4-20,34-35H,1-3H3;(H2,1,2,3)(H2,4,5,6). The lowest BCUT2D eigenvalue weighted by Gasteiger charge is -2.23. The molecule has 6 N–H and O–H groups in total. The van der Waals surface area contributed by atoms with E-state index in [4.69, 9.17) is 19.6 Å². The van der Waals surface area contributed by atoms with E-state index in [1.807, 2.05) is 85.8 Å². The van der Waals surface area contributed by atoms with Gasteiger partial charge in [-0.05, 0) is 43.0 Å². The molecular formula is C33H32O9P2. The minimum atomic E-state index is -5.05. The fourth-order valence-corrected chi connectivity index (χ4v) is 5.86. The lowest BCUT2D eigenvalue weighted by Crippen LogP contribution is -1.96. The monoisotopic (exact) mass is 634 g/mol. The maximum absolute atomic E-state index is 11.8. The minimum absolute atomic E-state index is 0.0731. The molecule has 0 aliphatic rings. The number of hydrogen-bond donors (Lipinski definition) is 6. The number of phenols is 2. The van der Waals surface area contributed by atoms with Crippen LogP contribution in [-0.2, 0) is 13.4 Å². The molecule has 0 saturated heterocycles. The Bertz CT molecular complexity index is 1820. The van der Waals surface area contributed by atoms with Crippen LogP contribution in [0.15, 0.2) is 103 Å². The van der Waals surface area contributed by atoms with Gasteiger partial charge in [0.25, 0.3) is 0 Å². The number of benzene rings is 5. The molecule has 0 heterocycles. The molecule has 0 amide bonds. The van der Waals surface area contributed by atoms with Crippen LogP contribution in [-0.4, -0.2) is 29.8 Å². The first-order valence-corrected chi connectivity index (χ1v) is 16.4. The van der Waals surface area contributed by atoms with Crippen LogP contribution in [0.3, 0.4) is 0 Å². The SMILES string of the molecule is Cc1ccc(-c2c(O)c(-c3ccccc3)c(-c3ccc(C)cc3)c(-c3ccc(C)cc3)c2O)cc1.O=P(O)(O)OP(=O)(O)O. The molecule has 0 fully saturated rings. The molecule has 0 aromatic heterocycles. The second-order valence-corrected chi connectivity index (χ2v) is 12.8. The molecule has 44 heavy (non-hydrogen) atoms. The Morgan fingerprint density at radius 2 is 0.727 bits per heavy atom. The van der Waals surface area contributed by atoms with Crippen LogP contribution in [0.4, 0.5) is 0 Å². The minimum Gasteiger partial charge on any atom is -0.506 e. The summed E-state index contributed by atoms with van der Waals surface area (Å²) in [5.74, 6) is 0.148. The van der Waals surface area contributed by atoms with Crippen molar-refractivity contribution >= 4 is 15.6 Å². The van der Waals surface area contributed by atoms with E-state index in [0.717, 1.165) is 44.5 Å². The van der Waals surface area contributed by atoms with Gasteiger partial charge in [-0.25, -0.2) is 9.13 Å². The number of phenolic OH excluding ortho intramolecular Hbond substituents is 2. The summed E-state index contributed by atoms with van der Waals surface area (Å²) in [5, 5.41) is 23.6. The summed E-state index contributed by atoms with van der Waals surface area (Å²) < 4.78 is 22.2. The van der Waals surface area contributed by atoms with Crippen molar-refractivity contribution in [3.8, 4) is 56.0 Å². The molecule has 0 spiro atoms. The zero-order valence-electron chi connectivity index (χ0n) is 24.1. The number of phosphoric acid groups is 2. The molecule has 9 nitrogen and oxygen atoms in total. The van der Waals surface area contributed by atoms with Gasteiger partial charge in [0, 0.05) is 16.7 Å². The van der Waals surface area contributed by atoms with Gasteiger partial charge in [-0.15, -0.1) is 0 Å². The van der Waals surface area contributed by atoms with Crippen molar-refractivity contribution in [2.24, 2.45) is 0 Å². The van der Waals surface area contributed by atoms with Crippen LogP contribution in [0.1, 0.15) is 16.7 Å². The molecular weight excluding hydrogens is 602 g/mol. The molecule has 0 atom stereocenters. The lowest BCUT2D eigenvalue weighted by molar-refractivity contribution is 0.225. The summed E-state index contributed by atoms with van der Waals surface area (Å²) in [6.07, 6.45) is 0. The summed E-state index contributed by atoms with van der Waals surface area (Å²) in [6, 6.07) is 34.2. The van der Waals surface area contributed by atoms with E-state index in [1.165, 1.54) is 0 Å². The van der Waals surface area contributed by atoms with Crippen LogP contribution >= 0.6 is 15.6 Å². The zero-order valence-corrected chi connectivity index (χ0v) is 25.9. The van der Waals surface area contributed by atoms with E-state index in [9.17, 15) is 19.3 Å². The van der Waals surface area contributed by atoms with Gasteiger partial charge in [0.05, 0.1) is 5.56 Å². The Balaban J connectivity index is 0.000000429. The molecule has 5 aromatic carbocycles. The first-order chi connectivity index (χ1) is 20.6. The lowest BCUT2D eigenvalue weighted by atomic mass is 9.82.